The molecular weight excluding hydrogens is 241 g/mol. The van der Waals surface area contributed by atoms with Crippen LogP contribution in [0.4, 0.5) is 4.39 Å². The van der Waals surface area contributed by atoms with Crippen LogP contribution in [-0.2, 0) is 0 Å². The first-order chi connectivity index (χ1) is 9.15. The summed E-state index contributed by atoms with van der Waals surface area (Å²) in [5.41, 5.74) is 8.26. The molecule has 0 saturated heterocycles. The first kappa shape index (κ1) is 12.5. The third kappa shape index (κ3) is 2.32. The second-order valence-corrected chi connectivity index (χ2v) is 5.66. The maximum Gasteiger partial charge on any atom is 0.151 e. The van der Waals surface area contributed by atoms with Gasteiger partial charge in [0.2, 0.25) is 0 Å². The van der Waals surface area contributed by atoms with Crippen LogP contribution in [0.25, 0.3) is 11.0 Å². The highest BCUT2D eigenvalue weighted by molar-refractivity contribution is 5.78. The molecular formula is C15H18FN3. The van der Waals surface area contributed by atoms with Gasteiger partial charge in [0.1, 0.15) is 5.52 Å². The Morgan fingerprint density at radius 2 is 1.84 bits per heavy atom. The summed E-state index contributed by atoms with van der Waals surface area (Å²) < 4.78 is 13.8. The van der Waals surface area contributed by atoms with E-state index in [0.29, 0.717) is 22.9 Å². The van der Waals surface area contributed by atoms with Crippen molar-refractivity contribution in [2.45, 2.75) is 38.1 Å². The molecule has 0 amide bonds. The Morgan fingerprint density at radius 3 is 2.58 bits per heavy atom. The normalized spacial score (nSPS) is 27.6. The fourth-order valence-corrected chi connectivity index (χ4v) is 3.28. The molecule has 100 valence electrons. The van der Waals surface area contributed by atoms with Crippen LogP contribution in [-0.4, -0.2) is 16.0 Å². The molecule has 0 radical (unpaired) electrons. The van der Waals surface area contributed by atoms with Crippen molar-refractivity contribution >= 4 is 11.0 Å². The number of nitrogens with zero attached hydrogens (tertiary/aromatic N) is 2. The molecule has 1 aliphatic carbocycles. The summed E-state index contributed by atoms with van der Waals surface area (Å²) in [6.07, 6.45) is 6.26. The smallest absolute Gasteiger partial charge is 0.151 e. The fourth-order valence-electron chi connectivity index (χ4n) is 3.28. The van der Waals surface area contributed by atoms with Gasteiger partial charge in [-0.05, 0) is 42.7 Å². The van der Waals surface area contributed by atoms with E-state index in [9.17, 15) is 4.39 Å². The van der Waals surface area contributed by atoms with Crippen molar-refractivity contribution in [2.24, 2.45) is 11.7 Å². The van der Waals surface area contributed by atoms with Crippen LogP contribution in [0.2, 0.25) is 0 Å². The Kier molecular flexibility index (Phi) is 3.19. The molecule has 1 aromatic heterocycles. The topological polar surface area (TPSA) is 51.8 Å². The van der Waals surface area contributed by atoms with E-state index in [-0.39, 0.29) is 11.9 Å². The van der Waals surface area contributed by atoms with E-state index < -0.39 is 0 Å². The molecule has 3 rings (SSSR count). The van der Waals surface area contributed by atoms with Crippen LogP contribution in [0, 0.1) is 11.7 Å². The number of halogens is 1. The molecule has 0 unspecified atom stereocenters. The highest BCUT2D eigenvalue weighted by Gasteiger charge is 2.27. The first-order valence-corrected chi connectivity index (χ1v) is 6.80. The van der Waals surface area contributed by atoms with Crippen molar-refractivity contribution in [3.63, 3.8) is 0 Å². The molecule has 1 aliphatic rings. The lowest BCUT2D eigenvalue weighted by Gasteiger charge is -2.31. The van der Waals surface area contributed by atoms with Crippen LogP contribution in [0.5, 0.6) is 0 Å². The number of fused-ring (bicyclic) bond motifs is 1. The van der Waals surface area contributed by atoms with Gasteiger partial charge in [-0.15, -0.1) is 0 Å². The van der Waals surface area contributed by atoms with Crippen molar-refractivity contribution in [2.75, 3.05) is 0 Å². The highest BCUT2D eigenvalue weighted by Crippen LogP contribution is 2.37. The number of rotatable bonds is 1. The molecule has 3 nitrogen and oxygen atoms in total. The summed E-state index contributed by atoms with van der Waals surface area (Å²) >= 11 is 0. The summed E-state index contributed by atoms with van der Waals surface area (Å²) in [7, 11) is 0. The Hall–Kier alpha value is -1.55. The Balaban J connectivity index is 2.07. The van der Waals surface area contributed by atoms with Crippen molar-refractivity contribution < 1.29 is 4.39 Å². The van der Waals surface area contributed by atoms with E-state index >= 15 is 0 Å². The van der Waals surface area contributed by atoms with E-state index in [0.717, 1.165) is 24.8 Å². The van der Waals surface area contributed by atoms with Gasteiger partial charge >= 0.3 is 0 Å². The Morgan fingerprint density at radius 1 is 1.11 bits per heavy atom. The predicted molar refractivity (Wildman–Crippen MR) is 73.2 cm³/mol. The number of hydrogen-bond acceptors (Lipinski definition) is 3. The van der Waals surface area contributed by atoms with Crippen molar-refractivity contribution in [3.8, 4) is 0 Å². The number of benzene rings is 1. The molecule has 1 aromatic carbocycles. The van der Waals surface area contributed by atoms with Gasteiger partial charge < -0.3 is 5.73 Å². The lowest BCUT2D eigenvalue weighted by atomic mass is 9.76. The molecule has 4 heteroatoms. The van der Waals surface area contributed by atoms with Gasteiger partial charge in [0.15, 0.2) is 5.82 Å². The lowest BCUT2D eigenvalue weighted by molar-refractivity contribution is 0.309. The number of aromatic nitrogens is 2. The second-order valence-electron chi connectivity index (χ2n) is 5.66. The Labute approximate surface area is 112 Å². The SMILES string of the molecule is C[C@H]1C[C@@H](N)C[C@@H](c2ccc(F)c3nccnc23)C1. The molecule has 1 fully saturated rings. The zero-order chi connectivity index (χ0) is 13.4. The van der Waals surface area contributed by atoms with E-state index in [1.165, 1.54) is 12.3 Å². The van der Waals surface area contributed by atoms with Gasteiger partial charge in [0.25, 0.3) is 0 Å². The van der Waals surface area contributed by atoms with Gasteiger partial charge in [0.05, 0.1) is 5.52 Å². The van der Waals surface area contributed by atoms with Gasteiger partial charge in [-0.25, -0.2) is 9.37 Å². The largest absolute Gasteiger partial charge is 0.328 e. The second kappa shape index (κ2) is 4.85. The third-order valence-electron chi connectivity index (χ3n) is 4.03. The average molecular weight is 259 g/mol. The molecule has 1 heterocycles. The van der Waals surface area contributed by atoms with Crippen molar-refractivity contribution in [1.29, 1.82) is 0 Å². The van der Waals surface area contributed by atoms with E-state index in [2.05, 4.69) is 16.9 Å². The maximum atomic E-state index is 13.8. The van der Waals surface area contributed by atoms with Crippen LogP contribution < -0.4 is 5.73 Å². The van der Waals surface area contributed by atoms with E-state index in [4.69, 9.17) is 5.73 Å². The Bertz CT molecular complexity index is 589. The van der Waals surface area contributed by atoms with Gasteiger partial charge in [-0.1, -0.05) is 13.0 Å². The minimum absolute atomic E-state index is 0.227. The standard InChI is InChI=1S/C15H18FN3/c1-9-6-10(8-11(17)7-9)12-2-3-13(16)15-14(12)18-4-5-19-15/h2-5,9-11H,6-8,17H2,1H3/t9-,10+,11-/m1/s1. The summed E-state index contributed by atoms with van der Waals surface area (Å²) in [6, 6.07) is 3.57. The fraction of sp³-hybridized carbons (Fsp3) is 0.467. The first-order valence-electron chi connectivity index (χ1n) is 6.80. The molecule has 2 N–H and O–H groups in total. The van der Waals surface area contributed by atoms with Crippen molar-refractivity contribution in [1.82, 2.24) is 9.97 Å². The molecule has 19 heavy (non-hydrogen) atoms. The molecule has 3 atom stereocenters. The highest BCUT2D eigenvalue weighted by atomic mass is 19.1. The summed E-state index contributed by atoms with van der Waals surface area (Å²) in [4.78, 5) is 8.43. The van der Waals surface area contributed by atoms with Gasteiger partial charge in [0, 0.05) is 18.4 Å². The zero-order valence-corrected chi connectivity index (χ0v) is 11.0. The molecule has 0 spiro atoms. The maximum absolute atomic E-state index is 13.8. The zero-order valence-electron chi connectivity index (χ0n) is 11.0. The summed E-state index contributed by atoms with van der Waals surface area (Å²) in [5.74, 6) is 0.657. The molecule has 2 aromatic rings. The predicted octanol–water partition coefficient (Wildman–Crippen LogP) is 3.00. The summed E-state index contributed by atoms with van der Waals surface area (Å²) in [5, 5.41) is 0. The van der Waals surface area contributed by atoms with Gasteiger partial charge in [-0.2, -0.15) is 0 Å². The van der Waals surface area contributed by atoms with E-state index in [1.807, 2.05) is 6.07 Å². The third-order valence-corrected chi connectivity index (χ3v) is 4.03. The van der Waals surface area contributed by atoms with Crippen LogP contribution in [0.1, 0.15) is 37.7 Å². The van der Waals surface area contributed by atoms with Crippen molar-refractivity contribution in [3.05, 3.63) is 35.9 Å². The van der Waals surface area contributed by atoms with Crippen LogP contribution in [0.15, 0.2) is 24.5 Å². The van der Waals surface area contributed by atoms with Crippen LogP contribution in [0.3, 0.4) is 0 Å². The number of nitrogens with two attached hydrogens (primary N) is 1. The lowest BCUT2D eigenvalue weighted by Crippen LogP contribution is -2.31. The molecule has 0 bridgehead atoms. The van der Waals surface area contributed by atoms with E-state index in [1.54, 1.807) is 6.20 Å². The minimum atomic E-state index is -0.306. The average Bonchev–Trinajstić information content (AvgIpc) is 2.38. The summed E-state index contributed by atoms with van der Waals surface area (Å²) in [6.45, 7) is 2.23. The minimum Gasteiger partial charge on any atom is -0.328 e. The quantitative estimate of drug-likeness (QED) is 0.856. The number of hydrogen-bond donors (Lipinski definition) is 1. The molecule has 1 saturated carbocycles. The molecule has 0 aliphatic heterocycles. The van der Waals surface area contributed by atoms with Gasteiger partial charge in [-0.3, -0.25) is 4.98 Å². The monoisotopic (exact) mass is 259 g/mol. The van der Waals surface area contributed by atoms with Crippen LogP contribution >= 0.6 is 0 Å².